The van der Waals surface area contributed by atoms with Gasteiger partial charge in [0.2, 0.25) is 0 Å². The number of aryl methyl sites for hydroxylation is 1. The summed E-state index contributed by atoms with van der Waals surface area (Å²) in [4.78, 5) is 36.5. The highest BCUT2D eigenvalue weighted by Gasteiger charge is 2.12. The first kappa shape index (κ1) is 25.0. The van der Waals surface area contributed by atoms with Crippen LogP contribution in [0, 0.1) is 6.92 Å². The van der Waals surface area contributed by atoms with Crippen LogP contribution in [-0.4, -0.2) is 44.8 Å². The average molecular weight is 476 g/mol. The minimum Gasteiger partial charge on any atom is -0.493 e. The van der Waals surface area contributed by atoms with Crippen molar-refractivity contribution in [2.75, 3.05) is 20.8 Å². The van der Waals surface area contributed by atoms with Gasteiger partial charge in [-0.1, -0.05) is 17.7 Å². The van der Waals surface area contributed by atoms with Crippen LogP contribution in [0.3, 0.4) is 0 Å². The summed E-state index contributed by atoms with van der Waals surface area (Å²) in [5.41, 5.74) is 4.77. The molecule has 35 heavy (non-hydrogen) atoms. The lowest BCUT2D eigenvalue weighted by Crippen LogP contribution is -2.34. The van der Waals surface area contributed by atoms with Crippen LogP contribution >= 0.6 is 0 Å². The van der Waals surface area contributed by atoms with Gasteiger partial charge in [-0.05, 0) is 67.1 Å². The van der Waals surface area contributed by atoms with Crippen LogP contribution in [0.1, 0.15) is 31.8 Å². The zero-order valence-electron chi connectivity index (χ0n) is 19.5. The second-order valence-electron chi connectivity index (χ2n) is 7.37. The maximum absolute atomic E-state index is 12.3. The lowest BCUT2D eigenvalue weighted by atomic mass is 10.1. The molecule has 2 N–H and O–H groups in total. The number of rotatable bonds is 9. The van der Waals surface area contributed by atoms with Crippen molar-refractivity contribution in [3.63, 3.8) is 0 Å². The maximum Gasteiger partial charge on any atom is 0.343 e. The lowest BCUT2D eigenvalue weighted by Gasteiger charge is -2.09. The normalized spacial score (nSPS) is 10.5. The number of hydrogen-bond acceptors (Lipinski definition) is 7. The highest BCUT2D eigenvalue weighted by atomic mass is 16.5. The lowest BCUT2D eigenvalue weighted by molar-refractivity contribution is -0.120. The number of amides is 2. The molecule has 2 amide bonds. The van der Waals surface area contributed by atoms with E-state index in [1.807, 2.05) is 13.0 Å². The Morgan fingerprint density at radius 3 is 2.31 bits per heavy atom. The van der Waals surface area contributed by atoms with E-state index < -0.39 is 17.8 Å². The van der Waals surface area contributed by atoms with E-state index >= 15 is 0 Å². The van der Waals surface area contributed by atoms with Crippen molar-refractivity contribution >= 4 is 24.0 Å². The predicted octanol–water partition coefficient (Wildman–Crippen LogP) is 3.11. The Balaban J connectivity index is 1.46. The van der Waals surface area contributed by atoms with Crippen molar-refractivity contribution in [1.29, 1.82) is 0 Å². The van der Waals surface area contributed by atoms with Gasteiger partial charge in [0.1, 0.15) is 5.75 Å². The van der Waals surface area contributed by atoms with Crippen LogP contribution in [-0.2, 0) is 4.79 Å². The molecule has 3 aromatic carbocycles. The number of benzene rings is 3. The van der Waals surface area contributed by atoms with Crippen LogP contribution in [0.25, 0.3) is 0 Å². The molecule has 9 nitrogen and oxygen atoms in total. The van der Waals surface area contributed by atoms with Gasteiger partial charge in [0.15, 0.2) is 11.5 Å². The van der Waals surface area contributed by atoms with E-state index in [1.54, 1.807) is 54.6 Å². The fourth-order valence-electron chi connectivity index (χ4n) is 3.02. The number of carbonyl (C=O) groups is 3. The summed E-state index contributed by atoms with van der Waals surface area (Å²) in [6.07, 6.45) is 1.43. The summed E-state index contributed by atoms with van der Waals surface area (Å²) in [5.74, 6) is -0.105. The van der Waals surface area contributed by atoms with E-state index in [9.17, 15) is 14.4 Å². The van der Waals surface area contributed by atoms with Gasteiger partial charge in [-0.3, -0.25) is 9.59 Å². The third-order valence-corrected chi connectivity index (χ3v) is 4.80. The molecule has 0 aliphatic carbocycles. The standard InChI is InChI=1S/C26H25N3O6/c1-17-5-4-6-20(13-17)26(32)35-21-10-7-18(8-11-21)15-28-29-24(30)16-27-25(31)19-9-12-22(33-2)23(14-19)34-3/h4-15H,16H2,1-3H3,(H,27,31)(H,29,30). The zero-order valence-corrected chi connectivity index (χ0v) is 19.5. The molecule has 0 heterocycles. The molecule has 0 spiro atoms. The fraction of sp³-hybridized carbons (Fsp3) is 0.154. The maximum atomic E-state index is 12.3. The number of nitrogens with one attached hydrogen (secondary N) is 2. The monoisotopic (exact) mass is 475 g/mol. The predicted molar refractivity (Wildman–Crippen MR) is 130 cm³/mol. The third-order valence-electron chi connectivity index (χ3n) is 4.80. The third kappa shape index (κ3) is 7.16. The Kier molecular flexibility index (Phi) is 8.55. The number of hydrazone groups is 1. The molecule has 9 heteroatoms. The van der Waals surface area contributed by atoms with Gasteiger partial charge < -0.3 is 19.5 Å². The van der Waals surface area contributed by atoms with Gasteiger partial charge in [-0.2, -0.15) is 5.10 Å². The molecule has 0 radical (unpaired) electrons. The van der Waals surface area contributed by atoms with Gasteiger partial charge in [0.25, 0.3) is 11.8 Å². The quantitative estimate of drug-likeness (QED) is 0.213. The molecule has 0 aliphatic heterocycles. The number of hydrogen-bond donors (Lipinski definition) is 2. The molecule has 0 saturated carbocycles. The molecule has 0 fully saturated rings. The van der Waals surface area contributed by atoms with E-state index in [0.29, 0.717) is 33.9 Å². The molecule has 0 atom stereocenters. The summed E-state index contributed by atoms with van der Waals surface area (Å²) >= 11 is 0. The summed E-state index contributed by atoms with van der Waals surface area (Å²) in [6.45, 7) is 1.63. The molecule has 0 saturated heterocycles. The van der Waals surface area contributed by atoms with Gasteiger partial charge in [0.05, 0.1) is 32.5 Å². The molecule has 0 aromatic heterocycles. The Morgan fingerprint density at radius 2 is 1.63 bits per heavy atom. The highest BCUT2D eigenvalue weighted by Crippen LogP contribution is 2.27. The van der Waals surface area contributed by atoms with E-state index in [0.717, 1.165) is 5.56 Å². The number of ether oxygens (including phenoxy) is 3. The van der Waals surface area contributed by atoms with Gasteiger partial charge in [0, 0.05) is 5.56 Å². The topological polar surface area (TPSA) is 115 Å². The highest BCUT2D eigenvalue weighted by molar-refractivity contribution is 5.97. The molecule has 0 aliphatic rings. The van der Waals surface area contributed by atoms with Crippen molar-refractivity contribution in [3.8, 4) is 17.2 Å². The minimum absolute atomic E-state index is 0.266. The molecule has 3 aromatic rings. The van der Waals surface area contributed by atoms with Crippen molar-refractivity contribution in [2.45, 2.75) is 6.92 Å². The fourth-order valence-corrected chi connectivity index (χ4v) is 3.02. The first-order valence-corrected chi connectivity index (χ1v) is 10.6. The summed E-state index contributed by atoms with van der Waals surface area (Å²) in [7, 11) is 2.97. The van der Waals surface area contributed by atoms with Gasteiger partial charge >= 0.3 is 5.97 Å². The van der Waals surface area contributed by atoms with Crippen LogP contribution in [0.2, 0.25) is 0 Å². The smallest absolute Gasteiger partial charge is 0.343 e. The molecular formula is C26H25N3O6. The van der Waals surface area contributed by atoms with E-state index in [4.69, 9.17) is 14.2 Å². The Hall–Kier alpha value is -4.66. The van der Waals surface area contributed by atoms with Crippen molar-refractivity contribution in [2.24, 2.45) is 5.10 Å². The largest absolute Gasteiger partial charge is 0.493 e. The van der Waals surface area contributed by atoms with Crippen molar-refractivity contribution in [3.05, 3.63) is 89.0 Å². The van der Waals surface area contributed by atoms with E-state index in [-0.39, 0.29) is 6.54 Å². The summed E-state index contributed by atoms with van der Waals surface area (Å²) in [5, 5.41) is 6.38. The number of nitrogens with zero attached hydrogens (tertiary/aromatic N) is 1. The first-order valence-electron chi connectivity index (χ1n) is 10.6. The first-order chi connectivity index (χ1) is 16.9. The second-order valence-corrected chi connectivity index (χ2v) is 7.37. The molecular weight excluding hydrogens is 450 g/mol. The van der Waals surface area contributed by atoms with Crippen LogP contribution < -0.4 is 25.0 Å². The van der Waals surface area contributed by atoms with Crippen molar-refractivity contribution in [1.82, 2.24) is 10.7 Å². The number of methoxy groups -OCH3 is 2. The van der Waals surface area contributed by atoms with Crippen LogP contribution in [0.4, 0.5) is 0 Å². The van der Waals surface area contributed by atoms with Crippen LogP contribution in [0.15, 0.2) is 71.8 Å². The zero-order chi connectivity index (χ0) is 25.2. The number of esters is 1. The Labute approximate surface area is 202 Å². The van der Waals surface area contributed by atoms with Gasteiger partial charge in [-0.25, -0.2) is 10.2 Å². The Bertz CT molecular complexity index is 1240. The minimum atomic E-state index is -0.501. The van der Waals surface area contributed by atoms with E-state index in [1.165, 1.54) is 26.5 Å². The second kappa shape index (κ2) is 12.0. The Morgan fingerprint density at radius 1 is 0.886 bits per heavy atom. The summed E-state index contributed by atoms with van der Waals surface area (Å²) < 4.78 is 15.7. The molecule has 0 bridgehead atoms. The van der Waals surface area contributed by atoms with Crippen LogP contribution in [0.5, 0.6) is 17.2 Å². The van der Waals surface area contributed by atoms with E-state index in [2.05, 4.69) is 15.8 Å². The molecule has 0 unspecified atom stereocenters. The SMILES string of the molecule is COc1ccc(C(=O)NCC(=O)NN=Cc2ccc(OC(=O)c3cccc(C)c3)cc2)cc1OC. The molecule has 180 valence electrons. The summed E-state index contributed by atoms with van der Waals surface area (Å²) in [6, 6.07) is 18.4. The van der Waals surface area contributed by atoms with Gasteiger partial charge in [-0.15, -0.1) is 0 Å². The molecule has 3 rings (SSSR count). The average Bonchev–Trinajstić information content (AvgIpc) is 2.87. The number of carbonyl (C=O) groups excluding carboxylic acids is 3. The van der Waals surface area contributed by atoms with Crippen molar-refractivity contribution < 1.29 is 28.6 Å².